The van der Waals surface area contributed by atoms with Crippen LogP contribution in [-0.2, 0) is 7.05 Å². The number of nitrogens with zero attached hydrogens (tertiary/aromatic N) is 2. The van der Waals surface area contributed by atoms with Gasteiger partial charge in [-0.3, -0.25) is 10.5 Å². The van der Waals surface area contributed by atoms with E-state index in [1.165, 1.54) is 0 Å². The quantitative estimate of drug-likeness (QED) is 0.574. The lowest BCUT2D eigenvalue weighted by Crippen LogP contribution is -2.29. The van der Waals surface area contributed by atoms with Gasteiger partial charge in [-0.15, -0.1) is 0 Å². The number of hydrogen-bond acceptors (Lipinski definition) is 3. The summed E-state index contributed by atoms with van der Waals surface area (Å²) in [7, 11) is 1.90. The van der Waals surface area contributed by atoms with Crippen molar-refractivity contribution in [3.63, 3.8) is 0 Å². The van der Waals surface area contributed by atoms with Crippen LogP contribution in [0.5, 0.6) is 0 Å². The highest BCUT2D eigenvalue weighted by Gasteiger charge is 2.22. The van der Waals surface area contributed by atoms with Crippen molar-refractivity contribution in [1.29, 1.82) is 0 Å². The Morgan fingerprint density at radius 3 is 2.71 bits per heavy atom. The molecule has 3 N–H and O–H groups in total. The molecule has 0 amide bonds. The fourth-order valence-electron chi connectivity index (χ4n) is 2.51. The Balaban J connectivity index is 2.21. The number of aryl methyl sites for hydroxylation is 1. The second-order valence-electron chi connectivity index (χ2n) is 4.79. The smallest absolute Gasteiger partial charge is 0.0931 e. The molecule has 0 aliphatic rings. The third kappa shape index (κ3) is 2.51. The molecule has 2 aromatic carbocycles. The monoisotopic (exact) mass is 320 g/mol. The van der Waals surface area contributed by atoms with Crippen LogP contribution in [0, 0.1) is 0 Å². The summed E-state index contributed by atoms with van der Waals surface area (Å²) >= 11 is 12.4. The summed E-state index contributed by atoms with van der Waals surface area (Å²) in [6.45, 7) is 0. The van der Waals surface area contributed by atoms with Gasteiger partial charge in [0.1, 0.15) is 0 Å². The minimum atomic E-state index is -0.331. The molecule has 1 heterocycles. The number of fused-ring (bicyclic) bond motifs is 1. The molecule has 4 nitrogen and oxygen atoms in total. The average molecular weight is 321 g/mol. The largest absolute Gasteiger partial charge is 0.271 e. The first-order valence-electron chi connectivity index (χ1n) is 6.44. The standard InChI is InChI=1S/C15H14Cl2N4/c1-21-13-5-3-2-4-10(13)15(20-21)14(19-18)11-8-9(16)6-7-12(11)17/h2-8,14,19H,18H2,1H3. The Bertz CT molecular complexity index is 797. The van der Waals surface area contributed by atoms with Crippen LogP contribution in [0.25, 0.3) is 10.9 Å². The third-order valence-electron chi connectivity index (χ3n) is 3.50. The molecule has 0 fully saturated rings. The van der Waals surface area contributed by atoms with Crippen LogP contribution in [-0.4, -0.2) is 9.78 Å². The molecule has 108 valence electrons. The molecule has 1 unspecified atom stereocenters. The molecule has 1 aromatic heterocycles. The van der Waals surface area contributed by atoms with E-state index in [0.29, 0.717) is 10.0 Å². The molecule has 0 saturated heterocycles. The van der Waals surface area contributed by atoms with Gasteiger partial charge in [0, 0.05) is 22.5 Å². The van der Waals surface area contributed by atoms with Gasteiger partial charge in [-0.2, -0.15) is 5.10 Å². The molecule has 21 heavy (non-hydrogen) atoms. The van der Waals surface area contributed by atoms with Gasteiger partial charge in [0.15, 0.2) is 0 Å². The first-order valence-corrected chi connectivity index (χ1v) is 7.20. The molecule has 6 heteroatoms. The van der Waals surface area contributed by atoms with E-state index in [9.17, 15) is 0 Å². The fourth-order valence-corrected chi connectivity index (χ4v) is 2.91. The summed E-state index contributed by atoms with van der Waals surface area (Å²) in [5.74, 6) is 5.76. The molecule has 1 atom stereocenters. The van der Waals surface area contributed by atoms with Crippen molar-refractivity contribution >= 4 is 34.1 Å². The zero-order valence-electron chi connectivity index (χ0n) is 11.3. The van der Waals surface area contributed by atoms with E-state index < -0.39 is 0 Å². The molecule has 0 saturated carbocycles. The summed E-state index contributed by atoms with van der Waals surface area (Å²) in [5.41, 5.74) is 5.44. The van der Waals surface area contributed by atoms with Crippen molar-refractivity contribution in [2.45, 2.75) is 6.04 Å². The normalized spacial score (nSPS) is 12.8. The molecular formula is C15H14Cl2N4. The number of rotatable bonds is 3. The third-order valence-corrected chi connectivity index (χ3v) is 4.07. The van der Waals surface area contributed by atoms with Gasteiger partial charge < -0.3 is 0 Å². The number of para-hydroxylation sites is 1. The summed E-state index contributed by atoms with van der Waals surface area (Å²) < 4.78 is 1.83. The molecule has 3 rings (SSSR count). The van der Waals surface area contributed by atoms with Crippen LogP contribution < -0.4 is 11.3 Å². The highest BCUT2D eigenvalue weighted by molar-refractivity contribution is 6.33. The van der Waals surface area contributed by atoms with E-state index in [2.05, 4.69) is 10.5 Å². The first kappa shape index (κ1) is 14.4. The summed E-state index contributed by atoms with van der Waals surface area (Å²) in [6, 6.07) is 13.0. The lowest BCUT2D eigenvalue weighted by molar-refractivity contribution is 0.608. The van der Waals surface area contributed by atoms with Crippen LogP contribution in [0.4, 0.5) is 0 Å². The van der Waals surface area contributed by atoms with E-state index in [4.69, 9.17) is 29.0 Å². The van der Waals surface area contributed by atoms with E-state index in [1.807, 2.05) is 36.0 Å². The second kappa shape index (κ2) is 5.66. The molecule has 0 spiro atoms. The van der Waals surface area contributed by atoms with Crippen LogP contribution in [0.2, 0.25) is 10.0 Å². The van der Waals surface area contributed by atoms with Crippen molar-refractivity contribution in [1.82, 2.24) is 15.2 Å². The van der Waals surface area contributed by atoms with Gasteiger partial charge in [0.05, 0.1) is 17.3 Å². The van der Waals surface area contributed by atoms with Crippen molar-refractivity contribution in [3.8, 4) is 0 Å². The predicted molar refractivity (Wildman–Crippen MR) is 86.3 cm³/mol. The van der Waals surface area contributed by atoms with Crippen LogP contribution in [0.1, 0.15) is 17.3 Å². The molecule has 3 aromatic rings. The highest BCUT2D eigenvalue weighted by Crippen LogP contribution is 2.32. The Morgan fingerprint density at radius 1 is 1.19 bits per heavy atom. The van der Waals surface area contributed by atoms with Gasteiger partial charge in [0.2, 0.25) is 0 Å². The predicted octanol–water partition coefficient (Wildman–Crippen LogP) is 3.43. The maximum Gasteiger partial charge on any atom is 0.0931 e. The lowest BCUT2D eigenvalue weighted by Gasteiger charge is -2.16. The van der Waals surface area contributed by atoms with Gasteiger partial charge >= 0.3 is 0 Å². The summed E-state index contributed by atoms with van der Waals surface area (Å²) in [5, 5.41) is 6.81. The zero-order chi connectivity index (χ0) is 15.0. The highest BCUT2D eigenvalue weighted by atomic mass is 35.5. The van der Waals surface area contributed by atoms with Gasteiger partial charge in [-0.25, -0.2) is 5.43 Å². The van der Waals surface area contributed by atoms with Crippen molar-refractivity contribution < 1.29 is 0 Å². The Kier molecular flexibility index (Phi) is 3.87. The van der Waals surface area contributed by atoms with Crippen molar-refractivity contribution in [2.24, 2.45) is 12.9 Å². The van der Waals surface area contributed by atoms with Gasteiger partial charge in [-0.1, -0.05) is 41.4 Å². The number of benzene rings is 2. The Labute approximate surface area is 132 Å². The van der Waals surface area contributed by atoms with Crippen molar-refractivity contribution in [2.75, 3.05) is 0 Å². The fraction of sp³-hybridized carbons (Fsp3) is 0.133. The Morgan fingerprint density at radius 2 is 1.95 bits per heavy atom. The van der Waals surface area contributed by atoms with Crippen LogP contribution >= 0.6 is 23.2 Å². The van der Waals surface area contributed by atoms with E-state index >= 15 is 0 Å². The van der Waals surface area contributed by atoms with Crippen LogP contribution in [0.15, 0.2) is 42.5 Å². The summed E-state index contributed by atoms with van der Waals surface area (Å²) in [4.78, 5) is 0. The van der Waals surface area contributed by atoms with Gasteiger partial charge in [-0.05, 0) is 29.8 Å². The maximum atomic E-state index is 6.29. The lowest BCUT2D eigenvalue weighted by atomic mass is 10.0. The average Bonchev–Trinajstić information content (AvgIpc) is 2.81. The SMILES string of the molecule is Cn1nc(C(NN)c2cc(Cl)ccc2Cl)c2ccccc21. The molecule has 0 bridgehead atoms. The summed E-state index contributed by atoms with van der Waals surface area (Å²) in [6.07, 6.45) is 0. The minimum Gasteiger partial charge on any atom is -0.271 e. The molecule has 0 aliphatic carbocycles. The maximum absolute atomic E-state index is 6.29. The van der Waals surface area contributed by atoms with Crippen LogP contribution in [0.3, 0.4) is 0 Å². The number of hydrazine groups is 1. The zero-order valence-corrected chi connectivity index (χ0v) is 12.9. The number of nitrogens with two attached hydrogens (primary N) is 1. The molecule has 0 radical (unpaired) electrons. The topological polar surface area (TPSA) is 55.9 Å². The number of aromatic nitrogens is 2. The van der Waals surface area contributed by atoms with Gasteiger partial charge in [0.25, 0.3) is 0 Å². The van der Waals surface area contributed by atoms with E-state index in [1.54, 1.807) is 18.2 Å². The molecule has 0 aliphatic heterocycles. The molecular weight excluding hydrogens is 307 g/mol. The first-order chi connectivity index (χ1) is 10.1. The minimum absolute atomic E-state index is 0.331. The second-order valence-corrected chi connectivity index (χ2v) is 5.64. The van der Waals surface area contributed by atoms with E-state index in [0.717, 1.165) is 22.2 Å². The number of halogens is 2. The van der Waals surface area contributed by atoms with Crippen molar-refractivity contribution in [3.05, 3.63) is 63.8 Å². The Hall–Kier alpha value is -1.59. The number of nitrogens with one attached hydrogen (secondary N) is 1. The van der Waals surface area contributed by atoms with E-state index in [-0.39, 0.29) is 6.04 Å². The number of hydrogen-bond donors (Lipinski definition) is 2.